The predicted octanol–water partition coefficient (Wildman–Crippen LogP) is 2.43. The summed E-state index contributed by atoms with van der Waals surface area (Å²) in [5.74, 6) is -0.706. The van der Waals surface area contributed by atoms with Gasteiger partial charge in [0.1, 0.15) is 5.69 Å². The van der Waals surface area contributed by atoms with Gasteiger partial charge in [-0.3, -0.25) is 9.78 Å². The fourth-order valence-corrected chi connectivity index (χ4v) is 1.66. The van der Waals surface area contributed by atoms with Gasteiger partial charge in [-0.05, 0) is 48.9 Å². The Kier molecular flexibility index (Phi) is 4.10. The molecule has 0 fully saturated rings. The Hall–Kier alpha value is -2.69. The summed E-state index contributed by atoms with van der Waals surface area (Å²) in [6, 6.07) is 9.98. The van der Waals surface area contributed by atoms with Crippen LogP contribution in [0.1, 0.15) is 26.4 Å². The molecule has 0 radical (unpaired) electrons. The van der Waals surface area contributed by atoms with Crippen molar-refractivity contribution in [3.8, 4) is 0 Å². The Morgan fingerprint density at radius 2 is 1.85 bits per heavy atom. The molecule has 0 unspecified atom stereocenters. The van der Waals surface area contributed by atoms with E-state index in [1.54, 1.807) is 36.5 Å². The van der Waals surface area contributed by atoms with Crippen LogP contribution >= 0.6 is 0 Å². The lowest BCUT2D eigenvalue weighted by atomic mass is 10.2. The molecule has 1 aromatic heterocycles. The fourth-order valence-electron chi connectivity index (χ4n) is 1.66. The molecule has 0 saturated heterocycles. The van der Waals surface area contributed by atoms with Crippen LogP contribution in [0.4, 0.5) is 5.69 Å². The standard InChI is InChI=1S/C15H14N2O3/c1-10-7-8-16-13(9-10)14(18)17-12-5-3-11(4-6-12)15(19)20-2/h3-9H,1-2H3,(H,17,18). The van der Waals surface area contributed by atoms with E-state index in [9.17, 15) is 9.59 Å². The number of carbonyl (C=O) groups is 2. The SMILES string of the molecule is COC(=O)c1ccc(NC(=O)c2cc(C)ccn2)cc1. The lowest BCUT2D eigenvalue weighted by Crippen LogP contribution is -2.13. The number of pyridine rings is 1. The number of anilines is 1. The van der Waals surface area contributed by atoms with E-state index in [0.717, 1.165) is 5.56 Å². The Labute approximate surface area is 116 Å². The number of aryl methyl sites for hydroxylation is 1. The summed E-state index contributed by atoms with van der Waals surface area (Å²) in [4.78, 5) is 27.3. The zero-order valence-corrected chi connectivity index (χ0v) is 11.2. The number of rotatable bonds is 3. The first kappa shape index (κ1) is 13.7. The molecule has 20 heavy (non-hydrogen) atoms. The largest absolute Gasteiger partial charge is 0.465 e. The molecule has 1 aromatic carbocycles. The van der Waals surface area contributed by atoms with Gasteiger partial charge in [0.05, 0.1) is 12.7 Å². The quantitative estimate of drug-likeness (QED) is 0.870. The molecule has 0 aliphatic heterocycles. The normalized spacial score (nSPS) is 9.90. The highest BCUT2D eigenvalue weighted by Crippen LogP contribution is 2.12. The third-order valence-corrected chi connectivity index (χ3v) is 2.71. The number of hydrogen-bond acceptors (Lipinski definition) is 4. The summed E-state index contributed by atoms with van der Waals surface area (Å²) in [6.45, 7) is 1.89. The molecule has 5 nitrogen and oxygen atoms in total. The smallest absolute Gasteiger partial charge is 0.337 e. The molecule has 0 saturated carbocycles. The van der Waals surface area contributed by atoms with Crippen molar-refractivity contribution in [2.24, 2.45) is 0 Å². The molecule has 0 spiro atoms. The lowest BCUT2D eigenvalue weighted by Gasteiger charge is -2.06. The van der Waals surface area contributed by atoms with E-state index < -0.39 is 5.97 Å². The summed E-state index contributed by atoms with van der Waals surface area (Å²) in [7, 11) is 1.32. The van der Waals surface area contributed by atoms with Gasteiger partial charge in [-0.25, -0.2) is 4.79 Å². The molecule has 1 N–H and O–H groups in total. The van der Waals surface area contributed by atoms with E-state index in [2.05, 4.69) is 15.0 Å². The van der Waals surface area contributed by atoms with E-state index in [1.165, 1.54) is 7.11 Å². The second-order valence-corrected chi connectivity index (χ2v) is 4.24. The van der Waals surface area contributed by atoms with Crippen LogP contribution in [0.3, 0.4) is 0 Å². The van der Waals surface area contributed by atoms with E-state index in [-0.39, 0.29) is 5.91 Å². The van der Waals surface area contributed by atoms with Gasteiger partial charge >= 0.3 is 5.97 Å². The van der Waals surface area contributed by atoms with Crippen molar-refractivity contribution < 1.29 is 14.3 Å². The molecule has 1 amide bonds. The van der Waals surface area contributed by atoms with Gasteiger partial charge in [0.15, 0.2) is 0 Å². The maximum absolute atomic E-state index is 12.0. The Morgan fingerprint density at radius 1 is 1.15 bits per heavy atom. The van der Waals surface area contributed by atoms with Crippen LogP contribution in [-0.4, -0.2) is 24.0 Å². The summed E-state index contributed by atoms with van der Waals surface area (Å²) < 4.78 is 4.60. The van der Waals surface area contributed by atoms with Crippen molar-refractivity contribution in [1.82, 2.24) is 4.98 Å². The van der Waals surface area contributed by atoms with Crippen LogP contribution < -0.4 is 5.32 Å². The summed E-state index contributed by atoms with van der Waals surface area (Å²) in [5.41, 5.74) is 2.33. The number of aromatic nitrogens is 1. The van der Waals surface area contributed by atoms with Gasteiger partial charge in [-0.15, -0.1) is 0 Å². The first-order valence-corrected chi connectivity index (χ1v) is 6.02. The molecular weight excluding hydrogens is 256 g/mol. The minimum Gasteiger partial charge on any atom is -0.465 e. The van der Waals surface area contributed by atoms with Gasteiger partial charge < -0.3 is 10.1 Å². The summed E-state index contributed by atoms with van der Waals surface area (Å²) in [6.07, 6.45) is 1.59. The monoisotopic (exact) mass is 270 g/mol. The number of carbonyl (C=O) groups excluding carboxylic acids is 2. The van der Waals surface area contributed by atoms with Crippen molar-refractivity contribution in [3.05, 3.63) is 59.4 Å². The average Bonchev–Trinajstić information content (AvgIpc) is 2.47. The van der Waals surface area contributed by atoms with Crippen molar-refractivity contribution in [2.45, 2.75) is 6.92 Å². The predicted molar refractivity (Wildman–Crippen MR) is 74.7 cm³/mol. The van der Waals surface area contributed by atoms with Crippen molar-refractivity contribution >= 4 is 17.6 Å². The molecule has 2 aromatic rings. The fraction of sp³-hybridized carbons (Fsp3) is 0.133. The molecule has 5 heteroatoms. The van der Waals surface area contributed by atoms with Crippen LogP contribution in [-0.2, 0) is 4.74 Å². The number of esters is 1. The van der Waals surface area contributed by atoms with Crippen molar-refractivity contribution in [1.29, 1.82) is 0 Å². The molecule has 0 atom stereocenters. The number of benzene rings is 1. The molecule has 0 bridgehead atoms. The third kappa shape index (κ3) is 3.20. The topological polar surface area (TPSA) is 68.3 Å². The van der Waals surface area contributed by atoms with Crippen LogP contribution in [0.15, 0.2) is 42.6 Å². The first-order valence-electron chi connectivity index (χ1n) is 6.02. The first-order chi connectivity index (χ1) is 9.60. The van der Waals surface area contributed by atoms with E-state index in [4.69, 9.17) is 0 Å². The molecule has 102 valence electrons. The summed E-state index contributed by atoms with van der Waals surface area (Å²) in [5, 5.41) is 2.72. The van der Waals surface area contributed by atoms with Crippen molar-refractivity contribution in [3.63, 3.8) is 0 Å². The van der Waals surface area contributed by atoms with Gasteiger partial charge in [0.25, 0.3) is 5.91 Å². The Bertz CT molecular complexity index is 636. The molecule has 1 heterocycles. The lowest BCUT2D eigenvalue weighted by molar-refractivity contribution is 0.0600. The minimum absolute atomic E-state index is 0.292. The van der Waals surface area contributed by atoms with E-state index >= 15 is 0 Å². The number of nitrogens with one attached hydrogen (secondary N) is 1. The van der Waals surface area contributed by atoms with Gasteiger partial charge in [-0.2, -0.15) is 0 Å². The highest BCUT2D eigenvalue weighted by molar-refractivity contribution is 6.03. The highest BCUT2D eigenvalue weighted by atomic mass is 16.5. The number of amides is 1. The Balaban J connectivity index is 2.10. The highest BCUT2D eigenvalue weighted by Gasteiger charge is 2.09. The second kappa shape index (κ2) is 5.97. The Morgan fingerprint density at radius 3 is 2.45 bits per heavy atom. The molecular formula is C15H14N2O3. The van der Waals surface area contributed by atoms with Crippen LogP contribution in [0, 0.1) is 6.92 Å². The average molecular weight is 270 g/mol. The van der Waals surface area contributed by atoms with Crippen LogP contribution in [0.25, 0.3) is 0 Å². The van der Waals surface area contributed by atoms with E-state index in [0.29, 0.717) is 16.9 Å². The maximum atomic E-state index is 12.0. The van der Waals surface area contributed by atoms with E-state index in [1.807, 2.05) is 13.0 Å². The number of ether oxygens (including phenoxy) is 1. The molecule has 0 aliphatic carbocycles. The van der Waals surface area contributed by atoms with Crippen LogP contribution in [0.5, 0.6) is 0 Å². The zero-order chi connectivity index (χ0) is 14.5. The van der Waals surface area contributed by atoms with Gasteiger partial charge in [0, 0.05) is 11.9 Å². The summed E-state index contributed by atoms with van der Waals surface area (Å²) >= 11 is 0. The van der Waals surface area contributed by atoms with Gasteiger partial charge in [0.2, 0.25) is 0 Å². The molecule has 0 aliphatic rings. The second-order valence-electron chi connectivity index (χ2n) is 4.24. The minimum atomic E-state index is -0.414. The number of hydrogen-bond donors (Lipinski definition) is 1. The van der Waals surface area contributed by atoms with Crippen molar-refractivity contribution in [2.75, 3.05) is 12.4 Å². The zero-order valence-electron chi connectivity index (χ0n) is 11.2. The van der Waals surface area contributed by atoms with Gasteiger partial charge in [-0.1, -0.05) is 0 Å². The third-order valence-electron chi connectivity index (χ3n) is 2.71. The number of methoxy groups -OCH3 is 1. The molecule has 2 rings (SSSR count). The maximum Gasteiger partial charge on any atom is 0.337 e. The van der Waals surface area contributed by atoms with Crippen LogP contribution in [0.2, 0.25) is 0 Å². The number of nitrogens with zero attached hydrogens (tertiary/aromatic N) is 1.